The van der Waals surface area contributed by atoms with Gasteiger partial charge in [0.2, 0.25) is 0 Å². The van der Waals surface area contributed by atoms with E-state index in [9.17, 15) is 52.7 Å². The Kier molecular flexibility index (Phi) is 12.4. The molecular weight excluding hydrogens is 668 g/mol. The van der Waals surface area contributed by atoms with Crippen molar-refractivity contribution in [2.45, 2.75) is 74.4 Å². The molecule has 2 unspecified atom stereocenters. The molecule has 0 aliphatic carbocycles. The zero-order valence-electron chi connectivity index (χ0n) is 24.2. The normalized spacial score (nSPS) is 22.3. The van der Waals surface area contributed by atoms with Crippen molar-refractivity contribution in [1.82, 2.24) is 9.80 Å². The van der Waals surface area contributed by atoms with E-state index in [1.807, 2.05) is 0 Å². The molecule has 260 valence electrons. The van der Waals surface area contributed by atoms with Gasteiger partial charge >= 0.3 is 24.7 Å². The Hall–Kier alpha value is -2.23. The fraction of sp³-hybridized carbons (Fsp3) is 0.600. The lowest BCUT2D eigenvalue weighted by molar-refractivity contribution is -0.290. The molecule has 4 atom stereocenters. The molecule has 2 saturated heterocycles. The second-order valence-electron chi connectivity index (χ2n) is 11.6. The van der Waals surface area contributed by atoms with E-state index >= 15 is 0 Å². The summed E-state index contributed by atoms with van der Waals surface area (Å²) in [5, 5.41) is 0. The number of benzene rings is 2. The maximum absolute atomic E-state index is 14.1. The number of hydrogen-bond donors (Lipinski definition) is 0. The minimum atomic E-state index is -5.19. The SMILES string of the molecule is Cl.FC(F)(F)c1cccc(C2CCCN(C[C@H](O[C@@H](CN3CCCC(c4cccc(C(F)(F)F)c4)C3)C(F)(F)F)C(F)(F)F)C2)c1. The third-order valence-electron chi connectivity index (χ3n) is 8.29. The lowest BCUT2D eigenvalue weighted by Gasteiger charge is -2.39. The van der Waals surface area contributed by atoms with Crippen molar-refractivity contribution in [1.29, 1.82) is 0 Å². The highest BCUT2D eigenvalue weighted by Crippen LogP contribution is 2.37. The van der Waals surface area contributed by atoms with Crippen LogP contribution in [0.2, 0.25) is 0 Å². The van der Waals surface area contributed by atoms with Gasteiger partial charge in [-0.1, -0.05) is 36.4 Å². The summed E-state index contributed by atoms with van der Waals surface area (Å²) in [4.78, 5) is 2.51. The number of rotatable bonds is 8. The summed E-state index contributed by atoms with van der Waals surface area (Å²) in [7, 11) is 0. The van der Waals surface area contributed by atoms with Gasteiger partial charge in [-0.25, -0.2) is 0 Å². The van der Waals surface area contributed by atoms with Gasteiger partial charge in [-0.05, 0) is 73.9 Å². The Labute approximate surface area is 264 Å². The summed E-state index contributed by atoms with van der Waals surface area (Å²) in [6, 6.07) is 8.87. The molecule has 0 amide bonds. The van der Waals surface area contributed by atoms with Gasteiger partial charge in [-0.2, -0.15) is 52.7 Å². The van der Waals surface area contributed by atoms with Crippen LogP contribution in [0.4, 0.5) is 52.7 Å². The van der Waals surface area contributed by atoms with Crippen molar-refractivity contribution in [3.8, 4) is 0 Å². The highest BCUT2D eigenvalue weighted by Gasteiger charge is 2.50. The topological polar surface area (TPSA) is 15.7 Å². The number of halogens is 13. The maximum atomic E-state index is 14.1. The zero-order chi connectivity index (χ0) is 33.2. The van der Waals surface area contributed by atoms with Crippen LogP contribution in [0.3, 0.4) is 0 Å². The summed E-state index contributed by atoms with van der Waals surface area (Å²) in [6.45, 7) is -1.91. The Morgan fingerprint density at radius 1 is 0.609 bits per heavy atom. The number of alkyl halides is 12. The van der Waals surface area contributed by atoms with Crippen molar-refractivity contribution >= 4 is 12.4 Å². The number of nitrogens with zero attached hydrogens (tertiary/aromatic N) is 2. The van der Waals surface area contributed by atoms with Gasteiger partial charge in [0, 0.05) is 26.2 Å². The molecular formula is C30H33ClF12N2O. The zero-order valence-corrected chi connectivity index (χ0v) is 25.1. The Balaban J connectivity index is 0.00000576. The molecule has 2 fully saturated rings. The van der Waals surface area contributed by atoms with Crippen LogP contribution < -0.4 is 0 Å². The summed E-state index contributed by atoms with van der Waals surface area (Å²) in [5.74, 6) is -1.12. The largest absolute Gasteiger partial charge is 0.416 e. The van der Waals surface area contributed by atoms with Gasteiger partial charge in [-0.15, -0.1) is 12.4 Å². The van der Waals surface area contributed by atoms with E-state index < -0.39 is 73.0 Å². The van der Waals surface area contributed by atoms with Crippen LogP contribution in [0.1, 0.15) is 59.8 Å². The van der Waals surface area contributed by atoms with Crippen molar-refractivity contribution < 1.29 is 57.4 Å². The number of piperidine rings is 2. The minimum Gasteiger partial charge on any atom is -0.353 e. The molecule has 0 saturated carbocycles. The second kappa shape index (κ2) is 14.9. The smallest absolute Gasteiger partial charge is 0.353 e. The van der Waals surface area contributed by atoms with Gasteiger partial charge in [0.1, 0.15) is 0 Å². The standard InChI is InChI=1S/C30H32F12N2O.ClH/c31-27(32,33)23-9-1-5-19(13-23)21-7-3-11-43(15-21)17-25(29(37,38)39)45-26(30(40,41)42)18-44-12-4-8-22(16-44)20-6-2-10-24(14-20)28(34,35)36;/h1-2,5-6,9-10,13-14,21-22,25-26H,3-4,7-8,11-12,15-18H2;1H/t21?,22?,25-,26-;/m0./s1. The lowest BCUT2D eigenvalue weighted by Crippen LogP contribution is -2.52. The van der Waals surface area contributed by atoms with Gasteiger partial charge in [0.05, 0.1) is 11.1 Å². The molecule has 0 radical (unpaired) electrons. The van der Waals surface area contributed by atoms with Crippen LogP contribution in [-0.4, -0.2) is 73.6 Å². The minimum absolute atomic E-state index is 0. The first-order valence-electron chi connectivity index (χ1n) is 14.4. The first kappa shape index (κ1) is 38.2. The van der Waals surface area contributed by atoms with Crippen molar-refractivity contribution in [2.75, 3.05) is 39.3 Å². The number of hydrogen-bond acceptors (Lipinski definition) is 3. The molecule has 46 heavy (non-hydrogen) atoms. The summed E-state index contributed by atoms with van der Waals surface area (Å²) >= 11 is 0. The van der Waals surface area contributed by atoms with Crippen LogP contribution in [0, 0.1) is 0 Å². The summed E-state index contributed by atoms with van der Waals surface area (Å²) in [5.41, 5.74) is -1.27. The monoisotopic (exact) mass is 700 g/mol. The molecule has 2 heterocycles. The quantitative estimate of drug-likeness (QED) is 0.256. The molecule has 2 aliphatic rings. The van der Waals surface area contributed by atoms with E-state index in [0.717, 1.165) is 24.3 Å². The van der Waals surface area contributed by atoms with E-state index in [2.05, 4.69) is 0 Å². The molecule has 2 aliphatic heterocycles. The molecule has 2 aromatic rings. The van der Waals surface area contributed by atoms with Crippen molar-refractivity contribution in [3.05, 3.63) is 70.8 Å². The molecule has 0 aromatic heterocycles. The molecule has 16 heteroatoms. The van der Waals surface area contributed by atoms with Crippen molar-refractivity contribution in [3.63, 3.8) is 0 Å². The third-order valence-corrected chi connectivity index (χ3v) is 8.29. The predicted octanol–water partition coefficient (Wildman–Crippen LogP) is 9.08. The average Bonchev–Trinajstić information content (AvgIpc) is 2.95. The highest BCUT2D eigenvalue weighted by molar-refractivity contribution is 5.85. The first-order valence-corrected chi connectivity index (χ1v) is 14.4. The molecule has 0 bridgehead atoms. The third kappa shape index (κ3) is 10.4. The van der Waals surface area contributed by atoms with Crippen LogP contribution in [0.25, 0.3) is 0 Å². The van der Waals surface area contributed by atoms with E-state index in [1.165, 1.54) is 34.1 Å². The van der Waals surface area contributed by atoms with E-state index in [4.69, 9.17) is 4.74 Å². The molecule has 3 nitrogen and oxygen atoms in total. The fourth-order valence-corrected chi connectivity index (χ4v) is 6.04. The van der Waals surface area contributed by atoms with Crippen LogP contribution >= 0.6 is 12.4 Å². The average molecular weight is 701 g/mol. The molecule has 0 spiro atoms. The molecule has 0 N–H and O–H groups in total. The molecule has 4 rings (SSSR count). The predicted molar refractivity (Wildman–Crippen MR) is 148 cm³/mol. The van der Waals surface area contributed by atoms with E-state index in [1.54, 1.807) is 0 Å². The number of ether oxygens (including phenoxy) is 1. The van der Waals surface area contributed by atoms with E-state index in [-0.39, 0.29) is 49.7 Å². The van der Waals surface area contributed by atoms with Gasteiger partial charge in [0.25, 0.3) is 0 Å². The Morgan fingerprint density at radius 3 is 1.30 bits per heavy atom. The van der Waals surface area contributed by atoms with Crippen LogP contribution in [-0.2, 0) is 17.1 Å². The fourth-order valence-electron chi connectivity index (χ4n) is 6.04. The maximum Gasteiger partial charge on any atom is 0.416 e. The first-order chi connectivity index (χ1) is 20.8. The summed E-state index contributed by atoms with van der Waals surface area (Å²) < 4.78 is 168. The van der Waals surface area contributed by atoms with E-state index in [0.29, 0.717) is 25.7 Å². The Morgan fingerprint density at radius 2 is 0.978 bits per heavy atom. The lowest BCUT2D eigenvalue weighted by atomic mass is 9.89. The van der Waals surface area contributed by atoms with Crippen LogP contribution in [0.15, 0.2) is 48.5 Å². The Bertz CT molecular complexity index is 1170. The summed E-state index contributed by atoms with van der Waals surface area (Å²) in [6.07, 6.45) is -23.9. The second-order valence-corrected chi connectivity index (χ2v) is 11.6. The van der Waals surface area contributed by atoms with Crippen molar-refractivity contribution in [2.24, 2.45) is 0 Å². The van der Waals surface area contributed by atoms with Gasteiger partial charge in [-0.3, -0.25) is 9.80 Å². The van der Waals surface area contributed by atoms with Crippen LogP contribution in [0.5, 0.6) is 0 Å². The molecule has 2 aromatic carbocycles. The number of likely N-dealkylation sites (tertiary alicyclic amines) is 2. The highest BCUT2D eigenvalue weighted by atomic mass is 35.5. The van der Waals surface area contributed by atoms with Gasteiger partial charge in [0.15, 0.2) is 12.2 Å². The van der Waals surface area contributed by atoms with Gasteiger partial charge < -0.3 is 4.74 Å².